The number of piperidine rings is 2. The van der Waals surface area contributed by atoms with Gasteiger partial charge in [0.2, 0.25) is 23.6 Å². The molecular formula is C43H50F2N8O5. The molecule has 2 aromatic heterocycles. The summed E-state index contributed by atoms with van der Waals surface area (Å²) in [6.45, 7) is 2.57. The molecular weight excluding hydrogens is 747 g/mol. The summed E-state index contributed by atoms with van der Waals surface area (Å²) in [6, 6.07) is 12.2. The number of unbranched alkanes of at least 4 members (excludes halogenated alkanes) is 4. The van der Waals surface area contributed by atoms with Gasteiger partial charge in [0.15, 0.2) is 5.65 Å². The summed E-state index contributed by atoms with van der Waals surface area (Å²) >= 11 is 0. The summed E-state index contributed by atoms with van der Waals surface area (Å²) in [5, 5.41) is 12.2. The van der Waals surface area contributed by atoms with E-state index in [2.05, 4.69) is 21.0 Å². The first-order valence-corrected chi connectivity index (χ1v) is 20.5. The second kappa shape index (κ2) is 18.7. The van der Waals surface area contributed by atoms with Gasteiger partial charge in [0, 0.05) is 50.8 Å². The molecule has 7 rings (SSSR count). The standard InChI is InChI=1S/C43H50F2N8O5/c44-31-13-14-34(45)32(26-31)36-7-6-21-52(36)37-19-24-53-41(49-37)33(27-47-53)42(57)46-20-5-3-1-2-4-8-40(56)51-22-17-30(18-23-51)29-11-9-28(10-12-29)25-39(55)48-35-15-16-38(54)50-43(35)58/h9-14,19,24,26-27,30,35-36H,1-8,15-18,20-23,25H2,(H,46,57)(H,48,55)(H,50,54,58). The number of nitrogens with one attached hydrogen (secondary N) is 3. The molecule has 3 aliphatic rings. The molecule has 2 aromatic carbocycles. The van der Waals surface area contributed by atoms with Crippen LogP contribution in [0.5, 0.6) is 0 Å². The lowest BCUT2D eigenvalue weighted by Crippen LogP contribution is -2.52. The van der Waals surface area contributed by atoms with Crippen LogP contribution in [0.2, 0.25) is 0 Å². The average Bonchev–Trinajstić information content (AvgIpc) is 3.89. The molecule has 15 heteroatoms. The quantitative estimate of drug-likeness (QED) is 0.108. The highest BCUT2D eigenvalue weighted by Gasteiger charge is 2.31. The van der Waals surface area contributed by atoms with E-state index in [1.54, 1.807) is 12.3 Å². The largest absolute Gasteiger partial charge is 0.352 e. The molecule has 0 radical (unpaired) electrons. The van der Waals surface area contributed by atoms with Crippen molar-refractivity contribution in [1.29, 1.82) is 0 Å². The highest BCUT2D eigenvalue weighted by Crippen LogP contribution is 2.37. The number of imide groups is 1. The molecule has 3 aliphatic heterocycles. The van der Waals surface area contributed by atoms with Crippen molar-refractivity contribution >= 4 is 41.0 Å². The minimum atomic E-state index is -0.682. The Labute approximate surface area is 335 Å². The van der Waals surface area contributed by atoms with Crippen LogP contribution in [0.15, 0.2) is 60.9 Å². The summed E-state index contributed by atoms with van der Waals surface area (Å²) in [4.78, 5) is 70.5. The second-order valence-corrected chi connectivity index (χ2v) is 15.5. The molecule has 3 N–H and O–H groups in total. The van der Waals surface area contributed by atoms with Crippen molar-refractivity contribution in [3.05, 3.63) is 94.8 Å². The second-order valence-electron chi connectivity index (χ2n) is 15.5. The molecule has 58 heavy (non-hydrogen) atoms. The van der Waals surface area contributed by atoms with Crippen molar-refractivity contribution in [2.24, 2.45) is 0 Å². The summed E-state index contributed by atoms with van der Waals surface area (Å²) < 4.78 is 30.2. The monoisotopic (exact) mass is 796 g/mol. The zero-order chi connectivity index (χ0) is 40.6. The third-order valence-corrected chi connectivity index (χ3v) is 11.6. The van der Waals surface area contributed by atoms with Gasteiger partial charge < -0.3 is 20.4 Å². The Morgan fingerprint density at radius 2 is 1.66 bits per heavy atom. The van der Waals surface area contributed by atoms with Crippen molar-refractivity contribution in [1.82, 2.24) is 35.4 Å². The third kappa shape index (κ3) is 9.86. The van der Waals surface area contributed by atoms with Gasteiger partial charge in [-0.1, -0.05) is 43.5 Å². The normalized spacial score (nSPS) is 18.7. The minimum Gasteiger partial charge on any atom is -0.352 e. The van der Waals surface area contributed by atoms with E-state index in [-0.39, 0.29) is 42.5 Å². The first kappa shape index (κ1) is 40.5. The summed E-state index contributed by atoms with van der Waals surface area (Å²) in [6.07, 6.45) is 12.1. The number of rotatable bonds is 15. The molecule has 3 saturated heterocycles. The number of hydrogen-bond donors (Lipinski definition) is 3. The number of amides is 5. The van der Waals surface area contributed by atoms with Crippen molar-refractivity contribution in [2.45, 2.75) is 101 Å². The van der Waals surface area contributed by atoms with E-state index in [9.17, 15) is 32.8 Å². The van der Waals surface area contributed by atoms with Gasteiger partial charge >= 0.3 is 0 Å². The smallest absolute Gasteiger partial charge is 0.256 e. The maximum absolute atomic E-state index is 14.6. The molecule has 3 fully saturated rings. The van der Waals surface area contributed by atoms with Crippen LogP contribution in [0.25, 0.3) is 5.65 Å². The first-order valence-electron chi connectivity index (χ1n) is 20.5. The van der Waals surface area contributed by atoms with E-state index in [1.807, 2.05) is 34.1 Å². The number of fused-ring (bicyclic) bond motifs is 1. The van der Waals surface area contributed by atoms with E-state index in [0.717, 1.165) is 82.2 Å². The summed E-state index contributed by atoms with van der Waals surface area (Å²) in [7, 11) is 0. The van der Waals surface area contributed by atoms with Crippen LogP contribution in [-0.4, -0.2) is 81.3 Å². The summed E-state index contributed by atoms with van der Waals surface area (Å²) in [5.74, 6) is -1.13. The highest BCUT2D eigenvalue weighted by atomic mass is 19.1. The van der Waals surface area contributed by atoms with E-state index in [4.69, 9.17) is 4.98 Å². The fourth-order valence-electron chi connectivity index (χ4n) is 8.33. The zero-order valence-corrected chi connectivity index (χ0v) is 32.6. The average molecular weight is 797 g/mol. The number of carbonyl (C=O) groups excluding carboxylic acids is 5. The molecule has 4 aromatic rings. The lowest BCUT2D eigenvalue weighted by atomic mass is 9.88. The fourth-order valence-corrected chi connectivity index (χ4v) is 8.33. The molecule has 0 saturated carbocycles. The molecule has 0 spiro atoms. The van der Waals surface area contributed by atoms with Crippen LogP contribution in [0.1, 0.15) is 116 Å². The van der Waals surface area contributed by atoms with E-state index >= 15 is 0 Å². The van der Waals surface area contributed by atoms with Crippen molar-refractivity contribution in [2.75, 3.05) is 31.1 Å². The molecule has 5 amide bonds. The van der Waals surface area contributed by atoms with Crippen molar-refractivity contribution in [3.63, 3.8) is 0 Å². The maximum Gasteiger partial charge on any atom is 0.256 e. The Kier molecular flexibility index (Phi) is 13.0. The Hall–Kier alpha value is -5.73. The van der Waals surface area contributed by atoms with Crippen LogP contribution in [0.4, 0.5) is 14.6 Å². The summed E-state index contributed by atoms with van der Waals surface area (Å²) in [5.41, 5.74) is 3.08. The van der Waals surface area contributed by atoms with Crippen LogP contribution >= 0.6 is 0 Å². The predicted octanol–water partition coefficient (Wildman–Crippen LogP) is 5.29. The number of carbonyl (C=O) groups is 5. The predicted molar refractivity (Wildman–Crippen MR) is 212 cm³/mol. The Balaban J connectivity index is 0.770. The Morgan fingerprint density at radius 1 is 0.879 bits per heavy atom. The Morgan fingerprint density at radius 3 is 2.45 bits per heavy atom. The van der Waals surface area contributed by atoms with Gasteiger partial charge in [-0.3, -0.25) is 29.3 Å². The highest BCUT2D eigenvalue weighted by molar-refractivity contribution is 6.02. The van der Waals surface area contributed by atoms with Gasteiger partial charge in [-0.2, -0.15) is 5.10 Å². The fraction of sp³-hybridized carbons (Fsp3) is 0.465. The van der Waals surface area contributed by atoms with Gasteiger partial charge in [-0.25, -0.2) is 18.3 Å². The van der Waals surface area contributed by atoms with E-state index in [1.165, 1.54) is 22.3 Å². The van der Waals surface area contributed by atoms with Gasteiger partial charge in [0.05, 0.1) is 18.7 Å². The van der Waals surface area contributed by atoms with Crippen molar-refractivity contribution in [3.8, 4) is 0 Å². The SMILES string of the molecule is O=C1CCC(NC(=O)Cc2ccc(C3CCN(C(=O)CCCCCCCNC(=O)c4cnn5ccc(N6CCCC6c6cc(F)ccc6F)nc45)CC3)cc2)C(=O)N1. The lowest BCUT2D eigenvalue weighted by Gasteiger charge is -2.32. The topological polar surface area (TPSA) is 158 Å². The van der Waals surface area contributed by atoms with E-state index < -0.39 is 23.6 Å². The van der Waals surface area contributed by atoms with E-state index in [0.29, 0.717) is 60.9 Å². The van der Waals surface area contributed by atoms with Gasteiger partial charge in [-0.15, -0.1) is 0 Å². The first-order chi connectivity index (χ1) is 28.1. The minimum absolute atomic E-state index is 0.152. The lowest BCUT2D eigenvalue weighted by molar-refractivity contribution is -0.137. The maximum atomic E-state index is 14.6. The zero-order valence-electron chi connectivity index (χ0n) is 32.6. The molecule has 2 atom stereocenters. The molecule has 306 valence electrons. The number of aromatic nitrogens is 3. The number of benzene rings is 2. The molecule has 0 aliphatic carbocycles. The van der Waals surface area contributed by atoms with Crippen LogP contribution < -0.4 is 20.9 Å². The third-order valence-electron chi connectivity index (χ3n) is 11.6. The van der Waals surface area contributed by atoms with Crippen LogP contribution in [-0.2, 0) is 25.6 Å². The molecule has 13 nitrogen and oxygen atoms in total. The van der Waals surface area contributed by atoms with Gasteiger partial charge in [0.1, 0.15) is 29.1 Å². The molecule has 2 unspecified atom stereocenters. The number of anilines is 1. The number of halogens is 2. The van der Waals surface area contributed by atoms with Crippen LogP contribution in [0, 0.1) is 11.6 Å². The van der Waals surface area contributed by atoms with Crippen LogP contribution in [0.3, 0.4) is 0 Å². The Bertz CT molecular complexity index is 2130. The van der Waals surface area contributed by atoms with Gasteiger partial charge in [0.25, 0.3) is 5.91 Å². The number of hydrogen-bond acceptors (Lipinski definition) is 8. The molecule has 0 bridgehead atoms. The van der Waals surface area contributed by atoms with Gasteiger partial charge in [-0.05, 0) is 86.3 Å². The number of nitrogens with zero attached hydrogens (tertiary/aromatic N) is 5. The molecule has 5 heterocycles. The van der Waals surface area contributed by atoms with Crippen molar-refractivity contribution < 1.29 is 32.8 Å². The number of likely N-dealkylation sites (tertiary alicyclic amines) is 1.